The predicted molar refractivity (Wildman–Crippen MR) is 119 cm³/mol. The molecule has 1 aliphatic heterocycles. The van der Waals surface area contributed by atoms with E-state index in [0.717, 1.165) is 26.2 Å². The molecule has 0 aromatic heterocycles. The summed E-state index contributed by atoms with van der Waals surface area (Å²) in [5.74, 6) is -2.68. The number of hydrogen-bond acceptors (Lipinski definition) is 5. The zero-order valence-electron chi connectivity index (χ0n) is 19.4. The van der Waals surface area contributed by atoms with Crippen molar-refractivity contribution in [1.82, 2.24) is 15.1 Å². The number of anilines is 1. The maximum absolute atomic E-state index is 13.0. The van der Waals surface area contributed by atoms with E-state index in [4.69, 9.17) is 9.90 Å². The van der Waals surface area contributed by atoms with E-state index in [9.17, 15) is 27.6 Å². The number of aliphatic carboxylic acids is 1. The molecule has 12 heteroatoms. The van der Waals surface area contributed by atoms with E-state index in [1.54, 1.807) is 29.2 Å². The van der Waals surface area contributed by atoms with E-state index in [2.05, 4.69) is 10.6 Å². The number of benzene rings is 1. The van der Waals surface area contributed by atoms with E-state index in [1.165, 1.54) is 6.92 Å². The van der Waals surface area contributed by atoms with Crippen LogP contribution in [0.25, 0.3) is 0 Å². The molecule has 9 nitrogen and oxygen atoms in total. The minimum atomic E-state index is -5.08. The van der Waals surface area contributed by atoms with Crippen LogP contribution in [-0.4, -0.2) is 84.0 Å². The molecule has 1 aromatic carbocycles. The highest BCUT2D eigenvalue weighted by molar-refractivity contribution is 5.97. The van der Waals surface area contributed by atoms with Gasteiger partial charge in [-0.25, -0.2) is 4.79 Å². The van der Waals surface area contributed by atoms with Gasteiger partial charge >= 0.3 is 12.1 Å². The zero-order valence-corrected chi connectivity index (χ0v) is 19.4. The molecule has 3 amide bonds. The first-order chi connectivity index (χ1) is 15.8. The molecular weight excluding hydrogens is 457 g/mol. The minimum Gasteiger partial charge on any atom is -0.475 e. The van der Waals surface area contributed by atoms with E-state index < -0.39 is 12.1 Å². The predicted octanol–water partition coefficient (Wildman–Crippen LogP) is 2.20. The van der Waals surface area contributed by atoms with Crippen LogP contribution < -0.4 is 10.6 Å². The Hall–Kier alpha value is -3.15. The van der Waals surface area contributed by atoms with Crippen LogP contribution in [0.2, 0.25) is 0 Å². The number of carbonyl (C=O) groups is 4. The highest BCUT2D eigenvalue weighted by Crippen LogP contribution is 2.15. The van der Waals surface area contributed by atoms with E-state index in [1.807, 2.05) is 18.7 Å². The van der Waals surface area contributed by atoms with Crippen LogP contribution in [0.1, 0.15) is 37.6 Å². The van der Waals surface area contributed by atoms with Crippen LogP contribution >= 0.6 is 0 Å². The quantitative estimate of drug-likeness (QED) is 0.542. The summed E-state index contributed by atoms with van der Waals surface area (Å²) in [4.78, 5) is 49.2. The molecule has 1 aliphatic rings. The molecule has 0 unspecified atom stereocenters. The first-order valence-electron chi connectivity index (χ1n) is 10.8. The molecule has 34 heavy (non-hydrogen) atoms. The van der Waals surface area contributed by atoms with Gasteiger partial charge in [0.2, 0.25) is 11.8 Å². The molecule has 0 radical (unpaired) electrons. The molecule has 1 fully saturated rings. The fourth-order valence-electron chi connectivity index (χ4n) is 3.14. The monoisotopic (exact) mass is 488 g/mol. The van der Waals surface area contributed by atoms with Crippen molar-refractivity contribution in [3.05, 3.63) is 29.8 Å². The fourth-order valence-corrected chi connectivity index (χ4v) is 3.14. The van der Waals surface area contributed by atoms with Crippen molar-refractivity contribution in [3.8, 4) is 0 Å². The van der Waals surface area contributed by atoms with Crippen molar-refractivity contribution >= 4 is 29.4 Å². The van der Waals surface area contributed by atoms with E-state index >= 15 is 0 Å². The van der Waals surface area contributed by atoms with Crippen molar-refractivity contribution in [2.24, 2.45) is 5.92 Å². The van der Waals surface area contributed by atoms with Gasteiger partial charge in [-0.15, -0.1) is 0 Å². The van der Waals surface area contributed by atoms with Crippen molar-refractivity contribution in [2.75, 3.05) is 44.6 Å². The summed E-state index contributed by atoms with van der Waals surface area (Å²) in [6.45, 7) is 9.57. The molecule has 0 atom stereocenters. The Morgan fingerprint density at radius 1 is 1.18 bits per heavy atom. The highest BCUT2D eigenvalue weighted by Gasteiger charge is 2.38. The van der Waals surface area contributed by atoms with Gasteiger partial charge in [-0.3, -0.25) is 14.4 Å². The summed E-state index contributed by atoms with van der Waals surface area (Å²) < 4.78 is 31.7. The number of carbonyl (C=O) groups excluding carboxylic acids is 3. The smallest absolute Gasteiger partial charge is 0.475 e. The minimum absolute atomic E-state index is 0.0880. The van der Waals surface area contributed by atoms with Crippen LogP contribution in [0.5, 0.6) is 0 Å². The number of alkyl halides is 3. The fraction of sp³-hybridized carbons (Fsp3) is 0.545. The molecule has 0 spiro atoms. The first kappa shape index (κ1) is 28.9. The summed E-state index contributed by atoms with van der Waals surface area (Å²) in [6.07, 6.45) is -4.76. The number of amides is 3. The number of carboxylic acid groups (broad SMARTS) is 1. The number of carboxylic acids is 1. The third-order valence-corrected chi connectivity index (χ3v) is 4.61. The van der Waals surface area contributed by atoms with Crippen LogP contribution in [0.4, 0.5) is 18.9 Å². The second kappa shape index (κ2) is 13.5. The normalized spacial score (nSPS) is 13.6. The van der Waals surface area contributed by atoms with Gasteiger partial charge in [0.15, 0.2) is 0 Å². The lowest BCUT2D eigenvalue weighted by Crippen LogP contribution is -2.47. The van der Waals surface area contributed by atoms with Crippen LogP contribution in [-0.2, 0) is 14.4 Å². The molecule has 1 saturated heterocycles. The Bertz CT molecular complexity index is 855. The van der Waals surface area contributed by atoms with Crippen molar-refractivity contribution in [2.45, 2.75) is 33.4 Å². The Morgan fingerprint density at radius 2 is 1.76 bits per heavy atom. The summed E-state index contributed by atoms with van der Waals surface area (Å²) in [5.41, 5.74) is 1.10. The summed E-state index contributed by atoms with van der Waals surface area (Å²) in [6, 6.07) is 6.91. The second-order valence-corrected chi connectivity index (χ2v) is 8.09. The summed E-state index contributed by atoms with van der Waals surface area (Å²) in [5, 5.41) is 13.1. The summed E-state index contributed by atoms with van der Waals surface area (Å²) >= 11 is 0. The molecule has 3 N–H and O–H groups in total. The molecule has 2 rings (SSSR count). The second-order valence-electron chi connectivity index (χ2n) is 8.09. The number of nitrogens with one attached hydrogen (secondary N) is 2. The molecule has 1 aromatic rings. The SMILES string of the molecule is CC(=O)Nc1cccc(C(=O)N(CCC(=O)N2CCNCC2)CC(C)C)c1.O=C(O)C(F)(F)F. The number of piperazine rings is 1. The third kappa shape index (κ3) is 10.6. The van der Waals surface area contributed by atoms with E-state index in [0.29, 0.717) is 36.7 Å². The standard InChI is InChI=1S/C20H30N4O3.C2HF3O2/c1-15(2)14-24(10-7-19(26)23-11-8-21-9-12-23)20(27)17-5-4-6-18(13-17)22-16(3)25;3-2(4,5)1(6)7/h4-6,13,15,21H,7-12,14H2,1-3H3,(H,22,25);(H,6,7). The Balaban J connectivity index is 0.000000718. The lowest BCUT2D eigenvalue weighted by Gasteiger charge is -2.29. The average Bonchev–Trinajstić information content (AvgIpc) is 2.75. The van der Waals surface area contributed by atoms with Crippen molar-refractivity contribution < 1.29 is 37.5 Å². The van der Waals surface area contributed by atoms with Gasteiger partial charge in [0.1, 0.15) is 0 Å². The molecule has 190 valence electrons. The number of halogens is 3. The Labute approximate surface area is 196 Å². The van der Waals surface area contributed by atoms with Gasteiger partial charge in [0, 0.05) is 63.9 Å². The highest BCUT2D eigenvalue weighted by atomic mass is 19.4. The van der Waals surface area contributed by atoms with Gasteiger partial charge in [-0.1, -0.05) is 19.9 Å². The van der Waals surface area contributed by atoms with Crippen molar-refractivity contribution in [1.29, 1.82) is 0 Å². The maximum Gasteiger partial charge on any atom is 0.490 e. The van der Waals surface area contributed by atoms with Gasteiger partial charge in [-0.2, -0.15) is 13.2 Å². The van der Waals surface area contributed by atoms with Gasteiger partial charge in [0.25, 0.3) is 5.91 Å². The van der Waals surface area contributed by atoms with Crippen LogP contribution in [0.15, 0.2) is 24.3 Å². The topological polar surface area (TPSA) is 119 Å². The van der Waals surface area contributed by atoms with Gasteiger partial charge < -0.3 is 25.5 Å². The van der Waals surface area contributed by atoms with Crippen LogP contribution in [0, 0.1) is 5.92 Å². The zero-order chi connectivity index (χ0) is 25.9. The first-order valence-corrected chi connectivity index (χ1v) is 10.8. The average molecular weight is 489 g/mol. The third-order valence-electron chi connectivity index (χ3n) is 4.61. The number of hydrogen-bond donors (Lipinski definition) is 3. The molecule has 1 heterocycles. The number of nitrogens with zero attached hydrogens (tertiary/aromatic N) is 2. The lowest BCUT2D eigenvalue weighted by atomic mass is 10.1. The number of rotatable bonds is 7. The van der Waals surface area contributed by atoms with Crippen LogP contribution in [0.3, 0.4) is 0 Å². The Morgan fingerprint density at radius 3 is 2.26 bits per heavy atom. The molecule has 0 aliphatic carbocycles. The summed E-state index contributed by atoms with van der Waals surface area (Å²) in [7, 11) is 0. The Kier molecular flexibility index (Phi) is 11.5. The van der Waals surface area contributed by atoms with Crippen molar-refractivity contribution in [3.63, 3.8) is 0 Å². The van der Waals surface area contributed by atoms with Gasteiger partial charge in [-0.05, 0) is 24.1 Å². The largest absolute Gasteiger partial charge is 0.490 e. The lowest BCUT2D eigenvalue weighted by molar-refractivity contribution is -0.192. The molecule has 0 saturated carbocycles. The van der Waals surface area contributed by atoms with E-state index in [-0.39, 0.29) is 17.7 Å². The maximum atomic E-state index is 13.0. The van der Waals surface area contributed by atoms with Gasteiger partial charge in [0.05, 0.1) is 0 Å². The molecule has 0 bridgehead atoms. The molecular formula is C22H31F3N4O5.